The average Bonchev–Trinajstić information content (AvgIpc) is 2.97. The second kappa shape index (κ2) is 5.65. The molecule has 0 bridgehead atoms. The molecular weight excluding hydrogens is 284 g/mol. The van der Waals surface area contributed by atoms with Crippen LogP contribution < -0.4 is 9.80 Å². The third kappa shape index (κ3) is 3.19. The number of phenols is 1. The molecule has 120 valence electrons. The average molecular weight is 308 g/mol. The van der Waals surface area contributed by atoms with E-state index < -0.39 is 0 Å². The zero-order valence-corrected chi connectivity index (χ0v) is 14.2. The molecule has 3 rings (SSSR count). The van der Waals surface area contributed by atoms with Crippen LogP contribution in [-0.4, -0.2) is 11.8 Å². The summed E-state index contributed by atoms with van der Waals surface area (Å²) in [5.74, 6) is 0.313. The summed E-state index contributed by atoms with van der Waals surface area (Å²) in [6, 6.07) is 14.3. The van der Waals surface area contributed by atoms with Gasteiger partial charge in [0.1, 0.15) is 5.75 Å². The maximum Gasteiger partial charge on any atom is 0.139 e. The first kappa shape index (κ1) is 15.5. The van der Waals surface area contributed by atoms with Gasteiger partial charge < -0.3 is 14.9 Å². The van der Waals surface area contributed by atoms with Crippen LogP contribution in [0.25, 0.3) is 0 Å². The summed E-state index contributed by atoms with van der Waals surface area (Å²) in [5.41, 5.74) is 4.53. The fraction of sp³-hybridized carbons (Fsp3) is 0.300. The molecule has 0 saturated carbocycles. The lowest BCUT2D eigenvalue weighted by Crippen LogP contribution is -2.25. The zero-order chi connectivity index (χ0) is 16.6. The quantitative estimate of drug-likeness (QED) is 0.867. The van der Waals surface area contributed by atoms with Gasteiger partial charge in [-0.15, -0.1) is 0 Å². The highest BCUT2D eigenvalue weighted by Gasteiger charge is 2.21. The molecule has 0 aliphatic carbocycles. The van der Waals surface area contributed by atoms with Gasteiger partial charge in [-0.25, -0.2) is 0 Å². The predicted octanol–water partition coefficient (Wildman–Crippen LogP) is 4.75. The second-order valence-corrected chi connectivity index (χ2v) is 7.17. The van der Waals surface area contributed by atoms with E-state index in [1.165, 1.54) is 11.1 Å². The number of phenolic OH excluding ortho intramolecular Hbond substituents is 1. The van der Waals surface area contributed by atoms with Gasteiger partial charge in [-0.3, -0.25) is 0 Å². The van der Waals surface area contributed by atoms with Crippen molar-refractivity contribution in [3.63, 3.8) is 0 Å². The van der Waals surface area contributed by atoms with Crippen LogP contribution in [0, 0.1) is 6.92 Å². The minimum atomic E-state index is 0.0581. The monoisotopic (exact) mass is 308 g/mol. The Balaban J connectivity index is 1.84. The second-order valence-electron chi connectivity index (χ2n) is 7.17. The van der Waals surface area contributed by atoms with Crippen molar-refractivity contribution in [2.75, 3.05) is 16.5 Å². The molecule has 1 aliphatic heterocycles. The molecule has 0 atom stereocenters. The standard InChI is InChI=1S/C20H24N2O/c1-15-5-8-17(9-6-15)21-11-12-22(14-21)18-13-16(20(2,3)4)7-10-19(18)23/h5-13,23H,14H2,1-4H3. The summed E-state index contributed by atoms with van der Waals surface area (Å²) in [6.07, 6.45) is 4.06. The molecule has 0 fully saturated rings. The number of benzene rings is 2. The van der Waals surface area contributed by atoms with Gasteiger partial charge in [0.2, 0.25) is 0 Å². The fourth-order valence-electron chi connectivity index (χ4n) is 2.70. The van der Waals surface area contributed by atoms with Crippen molar-refractivity contribution in [3.05, 3.63) is 66.0 Å². The van der Waals surface area contributed by atoms with Crippen molar-refractivity contribution >= 4 is 11.4 Å². The number of hydrogen-bond acceptors (Lipinski definition) is 3. The summed E-state index contributed by atoms with van der Waals surface area (Å²) in [6.45, 7) is 9.33. The molecule has 2 aromatic carbocycles. The van der Waals surface area contributed by atoms with Crippen molar-refractivity contribution in [3.8, 4) is 5.75 Å². The van der Waals surface area contributed by atoms with Gasteiger partial charge in [0, 0.05) is 18.1 Å². The summed E-state index contributed by atoms with van der Waals surface area (Å²) in [7, 11) is 0. The first-order valence-electron chi connectivity index (χ1n) is 7.96. The van der Waals surface area contributed by atoms with Crippen LogP contribution in [0.5, 0.6) is 5.75 Å². The van der Waals surface area contributed by atoms with Crippen LogP contribution in [0.2, 0.25) is 0 Å². The van der Waals surface area contributed by atoms with Gasteiger partial charge in [0.05, 0.1) is 12.4 Å². The topological polar surface area (TPSA) is 26.7 Å². The first-order chi connectivity index (χ1) is 10.8. The van der Waals surface area contributed by atoms with Crippen LogP contribution in [0.4, 0.5) is 11.4 Å². The van der Waals surface area contributed by atoms with Crippen LogP contribution in [0.1, 0.15) is 31.9 Å². The largest absolute Gasteiger partial charge is 0.506 e. The molecule has 3 heteroatoms. The molecule has 1 aliphatic rings. The van der Waals surface area contributed by atoms with Gasteiger partial charge in [0.15, 0.2) is 0 Å². The van der Waals surface area contributed by atoms with E-state index in [0.717, 1.165) is 11.4 Å². The van der Waals surface area contributed by atoms with E-state index in [9.17, 15) is 5.11 Å². The molecule has 2 aromatic rings. The van der Waals surface area contributed by atoms with Crippen LogP contribution in [0.15, 0.2) is 54.9 Å². The van der Waals surface area contributed by atoms with Gasteiger partial charge in [-0.2, -0.15) is 0 Å². The Kier molecular flexibility index (Phi) is 3.80. The van der Waals surface area contributed by atoms with Crippen LogP contribution in [0.3, 0.4) is 0 Å². The van der Waals surface area contributed by atoms with E-state index >= 15 is 0 Å². The van der Waals surface area contributed by atoms with E-state index in [4.69, 9.17) is 0 Å². The highest BCUT2D eigenvalue weighted by molar-refractivity contribution is 5.66. The highest BCUT2D eigenvalue weighted by Crippen LogP contribution is 2.35. The third-order valence-electron chi connectivity index (χ3n) is 4.25. The third-order valence-corrected chi connectivity index (χ3v) is 4.25. The van der Waals surface area contributed by atoms with E-state index in [1.807, 2.05) is 18.5 Å². The Morgan fingerprint density at radius 2 is 1.57 bits per heavy atom. The Morgan fingerprint density at radius 1 is 0.913 bits per heavy atom. The molecule has 3 nitrogen and oxygen atoms in total. The lowest BCUT2D eigenvalue weighted by Gasteiger charge is -2.25. The minimum Gasteiger partial charge on any atom is -0.506 e. The van der Waals surface area contributed by atoms with E-state index in [-0.39, 0.29) is 5.41 Å². The lowest BCUT2D eigenvalue weighted by atomic mass is 9.86. The molecular formula is C20H24N2O. The van der Waals surface area contributed by atoms with Crippen molar-refractivity contribution in [1.29, 1.82) is 0 Å². The fourth-order valence-corrected chi connectivity index (χ4v) is 2.70. The molecule has 0 unspecified atom stereocenters. The van der Waals surface area contributed by atoms with E-state index in [2.05, 4.69) is 67.8 Å². The van der Waals surface area contributed by atoms with Crippen molar-refractivity contribution < 1.29 is 5.11 Å². The summed E-state index contributed by atoms with van der Waals surface area (Å²) in [4.78, 5) is 4.24. The lowest BCUT2D eigenvalue weighted by molar-refractivity contribution is 0.474. The normalized spacial score (nSPS) is 14.6. The number of rotatable bonds is 2. The van der Waals surface area contributed by atoms with Crippen LogP contribution >= 0.6 is 0 Å². The van der Waals surface area contributed by atoms with Gasteiger partial charge in [-0.05, 0) is 42.2 Å². The Morgan fingerprint density at radius 3 is 2.22 bits per heavy atom. The summed E-state index contributed by atoms with van der Waals surface area (Å²) in [5, 5.41) is 10.3. The van der Waals surface area contributed by atoms with Crippen molar-refractivity contribution in [2.45, 2.75) is 33.1 Å². The Bertz CT molecular complexity index is 726. The molecule has 0 aromatic heterocycles. The number of aryl methyl sites for hydroxylation is 1. The van der Waals surface area contributed by atoms with Crippen molar-refractivity contribution in [1.82, 2.24) is 0 Å². The highest BCUT2D eigenvalue weighted by atomic mass is 16.3. The molecule has 23 heavy (non-hydrogen) atoms. The number of anilines is 2. The maximum absolute atomic E-state index is 10.3. The Hall–Kier alpha value is -2.42. The molecule has 0 radical (unpaired) electrons. The van der Waals surface area contributed by atoms with Crippen molar-refractivity contribution in [2.24, 2.45) is 0 Å². The number of nitrogens with zero attached hydrogens (tertiary/aromatic N) is 2. The first-order valence-corrected chi connectivity index (χ1v) is 7.96. The smallest absolute Gasteiger partial charge is 0.139 e. The SMILES string of the molecule is Cc1ccc(N2C=CN(c3cc(C(C)(C)C)ccc3O)C2)cc1. The molecule has 0 spiro atoms. The number of aromatic hydroxyl groups is 1. The van der Waals surface area contributed by atoms with Gasteiger partial charge >= 0.3 is 0 Å². The minimum absolute atomic E-state index is 0.0581. The molecule has 0 saturated heterocycles. The molecule has 1 N–H and O–H groups in total. The maximum atomic E-state index is 10.3. The molecule has 0 amide bonds. The van der Waals surface area contributed by atoms with Crippen LogP contribution in [-0.2, 0) is 5.41 Å². The summed E-state index contributed by atoms with van der Waals surface area (Å²) >= 11 is 0. The summed E-state index contributed by atoms with van der Waals surface area (Å²) < 4.78 is 0. The molecule has 1 heterocycles. The zero-order valence-electron chi connectivity index (χ0n) is 14.2. The van der Waals surface area contributed by atoms with Gasteiger partial charge in [0.25, 0.3) is 0 Å². The Labute approximate surface area is 138 Å². The van der Waals surface area contributed by atoms with E-state index in [1.54, 1.807) is 6.07 Å². The number of hydrogen-bond donors (Lipinski definition) is 1. The van der Waals surface area contributed by atoms with Gasteiger partial charge in [-0.1, -0.05) is 44.5 Å². The van der Waals surface area contributed by atoms with E-state index in [0.29, 0.717) is 12.4 Å². The predicted molar refractivity (Wildman–Crippen MR) is 97.0 cm³/mol.